The maximum Gasteiger partial charge on any atom is 0.134 e. The van der Waals surface area contributed by atoms with Gasteiger partial charge in [0, 0.05) is 11.6 Å². The Morgan fingerprint density at radius 1 is 1.24 bits per heavy atom. The minimum absolute atomic E-state index is 0.292. The Hall–Kier alpha value is -0.970. The molecule has 1 aromatic heterocycles. The molecule has 1 N–H and O–H groups in total. The molecule has 0 saturated heterocycles. The van der Waals surface area contributed by atoms with Crippen LogP contribution in [0.5, 0.6) is 5.75 Å². The van der Waals surface area contributed by atoms with Gasteiger partial charge in [0.05, 0.1) is 15.2 Å². The Bertz CT molecular complexity index is 623. The lowest BCUT2D eigenvalue weighted by Gasteiger charge is -2.11. The maximum atomic E-state index is 6.16. The molecule has 0 aliphatic rings. The molecule has 3 nitrogen and oxygen atoms in total. The molecular formula is C15H15BrCl2N2O. The molecule has 0 saturated carbocycles. The van der Waals surface area contributed by atoms with E-state index in [1.165, 1.54) is 0 Å². The zero-order valence-electron chi connectivity index (χ0n) is 11.5. The zero-order valence-corrected chi connectivity index (χ0v) is 14.6. The first-order valence-electron chi connectivity index (χ1n) is 6.57. The van der Waals surface area contributed by atoms with Crippen LogP contribution < -0.4 is 10.1 Å². The van der Waals surface area contributed by atoms with Gasteiger partial charge in [-0.2, -0.15) is 0 Å². The molecule has 2 aromatic rings. The van der Waals surface area contributed by atoms with Crippen LogP contribution in [0, 0.1) is 0 Å². The van der Waals surface area contributed by atoms with Gasteiger partial charge in [-0.25, -0.2) is 4.98 Å². The molecule has 0 spiro atoms. The number of nitrogens with zero attached hydrogens (tertiary/aromatic N) is 1. The van der Waals surface area contributed by atoms with Gasteiger partial charge in [-0.1, -0.05) is 30.1 Å². The summed E-state index contributed by atoms with van der Waals surface area (Å²) >= 11 is 15.5. The fourth-order valence-corrected chi connectivity index (χ4v) is 2.63. The normalized spacial score (nSPS) is 10.5. The number of hydrogen-bond donors (Lipinski definition) is 1. The van der Waals surface area contributed by atoms with E-state index < -0.39 is 0 Å². The Morgan fingerprint density at radius 3 is 2.76 bits per heavy atom. The SMILES string of the molecule is CCCNc1ccc(Cl)c(COc2ccc(Cl)cc2Br)n1. The average Bonchev–Trinajstić information content (AvgIpc) is 2.46. The third-order valence-corrected chi connectivity index (χ3v) is 3.93. The topological polar surface area (TPSA) is 34.1 Å². The predicted molar refractivity (Wildman–Crippen MR) is 91.5 cm³/mol. The summed E-state index contributed by atoms with van der Waals surface area (Å²) in [5.74, 6) is 1.50. The summed E-state index contributed by atoms with van der Waals surface area (Å²) in [6, 6.07) is 9.04. The van der Waals surface area contributed by atoms with E-state index >= 15 is 0 Å². The lowest BCUT2D eigenvalue weighted by Crippen LogP contribution is -2.05. The van der Waals surface area contributed by atoms with E-state index in [0.29, 0.717) is 28.1 Å². The van der Waals surface area contributed by atoms with Crippen LogP contribution in [0.25, 0.3) is 0 Å². The highest BCUT2D eigenvalue weighted by Gasteiger charge is 2.07. The summed E-state index contributed by atoms with van der Waals surface area (Å²) in [5.41, 5.74) is 0.694. The number of aromatic nitrogens is 1. The molecular weight excluding hydrogens is 375 g/mol. The highest BCUT2D eigenvalue weighted by atomic mass is 79.9. The summed E-state index contributed by atoms with van der Waals surface area (Å²) in [4.78, 5) is 4.46. The standard InChI is InChI=1S/C15H15BrCl2N2O/c1-2-7-19-15-6-4-12(18)13(20-15)9-21-14-5-3-10(17)8-11(14)16/h3-6,8H,2,7,9H2,1H3,(H,19,20). The maximum absolute atomic E-state index is 6.16. The highest BCUT2D eigenvalue weighted by Crippen LogP contribution is 2.29. The third-order valence-electron chi connectivity index (χ3n) is 2.73. The van der Waals surface area contributed by atoms with E-state index in [-0.39, 0.29) is 0 Å². The molecule has 6 heteroatoms. The van der Waals surface area contributed by atoms with Crippen molar-refractivity contribution in [1.29, 1.82) is 0 Å². The molecule has 0 amide bonds. The molecule has 0 unspecified atom stereocenters. The number of rotatable bonds is 6. The molecule has 0 bridgehead atoms. The van der Waals surface area contributed by atoms with Gasteiger partial charge in [0.2, 0.25) is 0 Å². The van der Waals surface area contributed by atoms with Crippen molar-refractivity contribution >= 4 is 44.9 Å². The second-order valence-corrected chi connectivity index (χ2v) is 6.11. The molecule has 1 heterocycles. The summed E-state index contributed by atoms with van der Waals surface area (Å²) in [6.07, 6.45) is 1.04. The molecule has 0 atom stereocenters. The zero-order chi connectivity index (χ0) is 15.2. The molecule has 112 valence electrons. The van der Waals surface area contributed by atoms with Crippen LogP contribution in [0.3, 0.4) is 0 Å². The molecule has 0 aliphatic heterocycles. The van der Waals surface area contributed by atoms with Crippen molar-refractivity contribution in [3.05, 3.63) is 50.5 Å². The quantitative estimate of drug-likeness (QED) is 0.702. The van der Waals surface area contributed by atoms with E-state index in [1.807, 2.05) is 12.1 Å². The van der Waals surface area contributed by atoms with Crippen LogP contribution in [0.1, 0.15) is 19.0 Å². The lowest BCUT2D eigenvalue weighted by molar-refractivity contribution is 0.299. The first-order valence-corrected chi connectivity index (χ1v) is 8.12. The van der Waals surface area contributed by atoms with E-state index in [9.17, 15) is 0 Å². The third kappa shape index (κ3) is 4.77. The molecule has 1 aromatic carbocycles. The van der Waals surface area contributed by atoms with Gasteiger partial charge in [0.25, 0.3) is 0 Å². The monoisotopic (exact) mass is 388 g/mol. The van der Waals surface area contributed by atoms with Crippen molar-refractivity contribution in [3.8, 4) is 5.75 Å². The van der Waals surface area contributed by atoms with Crippen LogP contribution in [0.15, 0.2) is 34.8 Å². The summed E-state index contributed by atoms with van der Waals surface area (Å²) in [6.45, 7) is 3.27. The Labute approximate surface area is 142 Å². The van der Waals surface area contributed by atoms with Gasteiger partial charge >= 0.3 is 0 Å². The van der Waals surface area contributed by atoms with E-state index in [0.717, 1.165) is 23.3 Å². The molecule has 0 fully saturated rings. The van der Waals surface area contributed by atoms with Crippen LogP contribution in [-0.4, -0.2) is 11.5 Å². The van der Waals surface area contributed by atoms with Gasteiger partial charge in [-0.3, -0.25) is 0 Å². The van der Waals surface area contributed by atoms with Crippen LogP contribution in [-0.2, 0) is 6.61 Å². The van der Waals surface area contributed by atoms with Crippen molar-refractivity contribution in [2.24, 2.45) is 0 Å². The van der Waals surface area contributed by atoms with Gasteiger partial charge in [0.15, 0.2) is 0 Å². The second-order valence-electron chi connectivity index (χ2n) is 4.42. The first-order chi connectivity index (χ1) is 10.1. The van der Waals surface area contributed by atoms with Crippen molar-refractivity contribution in [1.82, 2.24) is 4.98 Å². The minimum Gasteiger partial charge on any atom is -0.486 e. The van der Waals surface area contributed by atoms with E-state index in [2.05, 4.69) is 33.2 Å². The van der Waals surface area contributed by atoms with Crippen LogP contribution in [0.4, 0.5) is 5.82 Å². The number of anilines is 1. The number of hydrogen-bond acceptors (Lipinski definition) is 3. The largest absolute Gasteiger partial charge is 0.486 e. The van der Waals surface area contributed by atoms with Gasteiger partial charge in [-0.05, 0) is 52.7 Å². The van der Waals surface area contributed by atoms with Crippen molar-refractivity contribution in [3.63, 3.8) is 0 Å². The van der Waals surface area contributed by atoms with Gasteiger partial charge in [-0.15, -0.1) is 0 Å². The van der Waals surface area contributed by atoms with Crippen LogP contribution in [0.2, 0.25) is 10.0 Å². The first kappa shape index (κ1) is 16.4. The fraction of sp³-hybridized carbons (Fsp3) is 0.267. The second kappa shape index (κ2) is 7.87. The van der Waals surface area contributed by atoms with Gasteiger partial charge in [0.1, 0.15) is 18.2 Å². The molecule has 0 aliphatic carbocycles. The predicted octanol–water partition coefficient (Wildman–Crippen LogP) is 5.55. The van der Waals surface area contributed by atoms with Crippen molar-refractivity contribution < 1.29 is 4.74 Å². The summed E-state index contributed by atoms with van der Waals surface area (Å²) in [7, 11) is 0. The highest BCUT2D eigenvalue weighted by molar-refractivity contribution is 9.10. The Kier molecular flexibility index (Phi) is 6.15. The number of halogens is 3. The number of ether oxygens (including phenoxy) is 1. The number of nitrogens with one attached hydrogen (secondary N) is 1. The molecule has 0 radical (unpaired) electrons. The fourth-order valence-electron chi connectivity index (χ4n) is 1.68. The van der Waals surface area contributed by atoms with E-state index in [1.54, 1.807) is 18.2 Å². The Balaban J connectivity index is 2.08. The van der Waals surface area contributed by atoms with E-state index in [4.69, 9.17) is 27.9 Å². The van der Waals surface area contributed by atoms with Crippen molar-refractivity contribution in [2.45, 2.75) is 20.0 Å². The lowest BCUT2D eigenvalue weighted by atomic mass is 10.3. The van der Waals surface area contributed by atoms with Crippen molar-refractivity contribution in [2.75, 3.05) is 11.9 Å². The van der Waals surface area contributed by atoms with Gasteiger partial charge < -0.3 is 10.1 Å². The number of pyridine rings is 1. The summed E-state index contributed by atoms with van der Waals surface area (Å²) < 4.78 is 6.54. The van der Waals surface area contributed by atoms with Crippen LogP contribution >= 0.6 is 39.1 Å². The average molecular weight is 390 g/mol. The summed E-state index contributed by atoms with van der Waals surface area (Å²) in [5, 5.41) is 4.46. The Morgan fingerprint density at radius 2 is 2.05 bits per heavy atom. The molecule has 2 rings (SSSR count). The number of benzene rings is 1. The smallest absolute Gasteiger partial charge is 0.134 e. The minimum atomic E-state index is 0.292. The molecule has 21 heavy (non-hydrogen) atoms.